The monoisotopic (exact) mass is 615 g/mol. The average molecular weight is 616 g/mol. The van der Waals surface area contributed by atoms with Gasteiger partial charge in [-0.1, -0.05) is 20.4 Å². The Morgan fingerprint density at radius 3 is 2.52 bits per heavy atom. The third kappa shape index (κ3) is 6.73. The highest BCUT2D eigenvalue weighted by molar-refractivity contribution is 6.09. The Labute approximate surface area is 254 Å². The first kappa shape index (κ1) is 31.5. The zero-order chi connectivity index (χ0) is 31.8. The molecule has 4 heterocycles. The Balaban J connectivity index is 1.48. The van der Waals surface area contributed by atoms with E-state index in [1.54, 1.807) is 0 Å². The molecule has 2 N–H and O–H groups in total. The molecule has 0 saturated carbocycles. The van der Waals surface area contributed by atoms with E-state index in [2.05, 4.69) is 45.9 Å². The quantitative estimate of drug-likeness (QED) is 0.452. The van der Waals surface area contributed by atoms with E-state index in [-0.39, 0.29) is 29.1 Å². The van der Waals surface area contributed by atoms with Crippen molar-refractivity contribution >= 4 is 23.2 Å². The number of piperazine rings is 1. The number of nitrogens with one attached hydrogen (secondary N) is 2. The molecule has 1 aromatic heterocycles. The molecule has 0 unspecified atom stereocenters. The summed E-state index contributed by atoms with van der Waals surface area (Å²) in [6.45, 7) is 13.3. The number of halogens is 4. The molecule has 0 bridgehead atoms. The smallest absolute Gasteiger partial charge is 0.374 e. The summed E-state index contributed by atoms with van der Waals surface area (Å²) < 4.78 is 63.1. The van der Waals surface area contributed by atoms with Crippen LogP contribution >= 0.6 is 0 Å². The number of dihydropyridines is 1. The molecule has 3 aliphatic heterocycles. The van der Waals surface area contributed by atoms with Crippen LogP contribution < -0.4 is 20.4 Å². The number of likely N-dealkylation sites (N-methyl/N-ethyl adjacent to an activating group) is 1. The number of aromatic nitrogens is 2. The lowest BCUT2D eigenvalue weighted by atomic mass is 10.0. The van der Waals surface area contributed by atoms with Gasteiger partial charge in [-0.25, -0.2) is 14.4 Å². The number of anilines is 3. The Morgan fingerprint density at radius 1 is 1.14 bits per heavy atom. The highest BCUT2D eigenvalue weighted by Crippen LogP contribution is 2.38. The van der Waals surface area contributed by atoms with Gasteiger partial charge in [0.2, 0.25) is 5.95 Å². The number of ether oxygens (including phenoxy) is 1. The minimum Gasteiger partial charge on any atom is -0.374 e. The fraction of sp³-hybridized carbons (Fsp3) is 0.452. The average Bonchev–Trinajstić information content (AvgIpc) is 2.99. The molecule has 13 heteroatoms. The largest absolute Gasteiger partial charge is 0.417 e. The van der Waals surface area contributed by atoms with Gasteiger partial charge in [-0.15, -0.1) is 0 Å². The number of allylic oxidation sites excluding steroid dienone is 1. The lowest BCUT2D eigenvalue weighted by molar-refractivity contribution is -0.115. The zero-order valence-corrected chi connectivity index (χ0v) is 25.2. The van der Waals surface area contributed by atoms with Gasteiger partial charge in [-0.2, -0.15) is 13.2 Å². The van der Waals surface area contributed by atoms with Gasteiger partial charge in [-0.05, 0) is 38.1 Å². The van der Waals surface area contributed by atoms with E-state index in [1.807, 2.05) is 23.8 Å². The summed E-state index contributed by atoms with van der Waals surface area (Å²) in [6.07, 6.45) is 0.0314. The summed E-state index contributed by atoms with van der Waals surface area (Å²) in [5.74, 6) is -0.751. The molecule has 9 nitrogen and oxygen atoms in total. The number of hydrogen-bond acceptors (Lipinski definition) is 8. The van der Waals surface area contributed by atoms with Crippen molar-refractivity contribution in [3.63, 3.8) is 0 Å². The predicted molar refractivity (Wildman–Crippen MR) is 162 cm³/mol. The summed E-state index contributed by atoms with van der Waals surface area (Å²) in [5.41, 5.74) is -0.710. The molecular formula is C31H37F4N7O2. The minimum absolute atomic E-state index is 0.00492. The van der Waals surface area contributed by atoms with Crippen molar-refractivity contribution in [2.45, 2.75) is 39.1 Å². The van der Waals surface area contributed by atoms with Crippen LogP contribution in [-0.4, -0.2) is 85.5 Å². The molecule has 2 aromatic rings. The van der Waals surface area contributed by atoms with Crippen molar-refractivity contribution in [1.29, 1.82) is 0 Å². The first-order valence-electron chi connectivity index (χ1n) is 14.6. The molecule has 5 rings (SSSR count). The summed E-state index contributed by atoms with van der Waals surface area (Å²) in [6, 6.07) is 2.87. The molecule has 2 fully saturated rings. The van der Waals surface area contributed by atoms with E-state index < -0.39 is 29.0 Å². The molecule has 2 saturated heterocycles. The van der Waals surface area contributed by atoms with Crippen molar-refractivity contribution in [3.8, 4) is 11.1 Å². The van der Waals surface area contributed by atoms with Gasteiger partial charge in [0, 0.05) is 74.2 Å². The van der Waals surface area contributed by atoms with Crippen LogP contribution in [0.25, 0.3) is 11.1 Å². The maximum Gasteiger partial charge on any atom is 0.417 e. The highest BCUT2D eigenvalue weighted by atomic mass is 19.4. The zero-order valence-electron chi connectivity index (χ0n) is 25.2. The predicted octanol–water partition coefficient (Wildman–Crippen LogP) is 4.71. The van der Waals surface area contributed by atoms with Gasteiger partial charge >= 0.3 is 6.18 Å². The molecule has 0 spiro atoms. The number of carbonyl (C=O) groups is 1. The SMILES string of the molecule is C=C1C=C(C(F)(F)F)C(C(=O)Nc2cc(-c3cnc(N4CCO[C@@H](C(C)C)C4)nc3)c(F)cc2N2CCN(C)[C@@H](C)C2)=CN1. The van der Waals surface area contributed by atoms with Crippen molar-refractivity contribution in [2.24, 2.45) is 5.92 Å². The number of benzene rings is 1. The second kappa shape index (κ2) is 12.6. The molecule has 1 amide bonds. The van der Waals surface area contributed by atoms with Crippen LogP contribution in [-0.2, 0) is 9.53 Å². The van der Waals surface area contributed by atoms with Crippen molar-refractivity contribution < 1.29 is 27.1 Å². The standard InChI is InChI=1S/C31H37F4N7O2/c1-18(2)28-17-42(8-9-44-28)30-37-13-21(14-38-30)22-11-26(27(12-25(22)32)41-7-6-40(5)20(4)16-41)39-29(43)23-15-36-19(3)10-24(23)31(33,34)35/h10-15,18,20,28,36H,3,6-9,16-17H2,1-2,4-5H3,(H,39,43)/t20-,28+/m0/s1. The Morgan fingerprint density at radius 2 is 1.86 bits per heavy atom. The molecule has 2 atom stereocenters. The second-order valence-electron chi connectivity index (χ2n) is 11.7. The van der Waals surface area contributed by atoms with E-state index in [4.69, 9.17) is 4.74 Å². The third-order valence-electron chi connectivity index (χ3n) is 8.26. The number of rotatable bonds is 6. The molecule has 236 valence electrons. The van der Waals surface area contributed by atoms with Crippen molar-refractivity contribution in [2.75, 3.05) is 61.5 Å². The maximum atomic E-state index is 15.8. The van der Waals surface area contributed by atoms with E-state index in [0.29, 0.717) is 62.4 Å². The number of amides is 1. The summed E-state index contributed by atoms with van der Waals surface area (Å²) in [4.78, 5) is 28.4. The second-order valence-corrected chi connectivity index (χ2v) is 11.7. The fourth-order valence-electron chi connectivity index (χ4n) is 5.45. The molecule has 44 heavy (non-hydrogen) atoms. The van der Waals surface area contributed by atoms with Gasteiger partial charge < -0.3 is 30.1 Å². The van der Waals surface area contributed by atoms with Crippen LogP contribution in [0.4, 0.5) is 34.9 Å². The van der Waals surface area contributed by atoms with E-state index in [1.165, 1.54) is 24.5 Å². The number of nitrogens with zero attached hydrogens (tertiary/aromatic N) is 5. The number of morpholine rings is 1. The van der Waals surface area contributed by atoms with Crippen molar-refractivity contribution in [3.05, 3.63) is 66.0 Å². The van der Waals surface area contributed by atoms with Gasteiger partial charge in [0.25, 0.3) is 5.91 Å². The van der Waals surface area contributed by atoms with E-state index in [0.717, 1.165) is 12.3 Å². The highest BCUT2D eigenvalue weighted by Gasteiger charge is 2.40. The Bertz CT molecular complexity index is 1470. The number of alkyl halides is 3. The number of hydrogen-bond donors (Lipinski definition) is 2. The molecule has 3 aliphatic rings. The van der Waals surface area contributed by atoms with E-state index >= 15 is 4.39 Å². The Hall–Kier alpha value is -3.97. The van der Waals surface area contributed by atoms with Crippen LogP contribution in [0.2, 0.25) is 0 Å². The molecule has 0 aliphatic carbocycles. The normalized spacial score (nSPS) is 21.6. The van der Waals surface area contributed by atoms with Crippen LogP contribution in [0.3, 0.4) is 0 Å². The van der Waals surface area contributed by atoms with Crippen LogP contribution in [0.1, 0.15) is 20.8 Å². The maximum absolute atomic E-state index is 15.8. The third-order valence-corrected chi connectivity index (χ3v) is 8.26. The van der Waals surface area contributed by atoms with Crippen LogP contribution in [0, 0.1) is 11.7 Å². The summed E-state index contributed by atoms with van der Waals surface area (Å²) >= 11 is 0. The lowest BCUT2D eigenvalue weighted by Crippen LogP contribution is -2.50. The number of carbonyl (C=O) groups excluding carboxylic acids is 1. The van der Waals surface area contributed by atoms with Crippen LogP contribution in [0.15, 0.2) is 60.2 Å². The van der Waals surface area contributed by atoms with Gasteiger partial charge in [0.05, 0.1) is 35.2 Å². The topological polar surface area (TPSA) is 85.9 Å². The van der Waals surface area contributed by atoms with Gasteiger partial charge in [0.1, 0.15) is 5.82 Å². The molecule has 1 aromatic carbocycles. The lowest BCUT2D eigenvalue weighted by Gasteiger charge is -2.39. The molecular weight excluding hydrogens is 578 g/mol. The van der Waals surface area contributed by atoms with E-state index in [9.17, 15) is 18.0 Å². The Kier molecular flexibility index (Phi) is 8.98. The van der Waals surface area contributed by atoms with Gasteiger partial charge in [-0.3, -0.25) is 4.79 Å². The van der Waals surface area contributed by atoms with Crippen molar-refractivity contribution in [1.82, 2.24) is 20.2 Å². The first-order chi connectivity index (χ1) is 20.8. The first-order valence-corrected chi connectivity index (χ1v) is 14.6. The summed E-state index contributed by atoms with van der Waals surface area (Å²) in [7, 11) is 1.99. The van der Waals surface area contributed by atoms with Gasteiger partial charge in [0.15, 0.2) is 0 Å². The van der Waals surface area contributed by atoms with Crippen LogP contribution in [0.5, 0.6) is 0 Å². The minimum atomic E-state index is -4.79. The molecule has 0 radical (unpaired) electrons. The summed E-state index contributed by atoms with van der Waals surface area (Å²) in [5, 5.41) is 5.21. The fourth-order valence-corrected chi connectivity index (χ4v) is 5.45.